The van der Waals surface area contributed by atoms with Crippen LogP contribution in [0.5, 0.6) is 0 Å². The fraction of sp³-hybridized carbons (Fsp3) is 0.933. The molecule has 2 fully saturated rings. The maximum absolute atomic E-state index is 6.27. The zero-order chi connectivity index (χ0) is 12.8. The highest BCUT2D eigenvalue weighted by molar-refractivity contribution is 5.78. The molecule has 0 saturated heterocycles. The Morgan fingerprint density at radius 3 is 1.78 bits per heavy atom. The van der Waals surface area contributed by atoms with Gasteiger partial charge in [0.15, 0.2) is 5.96 Å². The van der Waals surface area contributed by atoms with Gasteiger partial charge >= 0.3 is 0 Å². The third-order valence-corrected chi connectivity index (χ3v) is 4.52. The minimum Gasteiger partial charge on any atom is -0.370 e. The van der Waals surface area contributed by atoms with Gasteiger partial charge in [0.1, 0.15) is 0 Å². The molecule has 2 saturated carbocycles. The third-order valence-electron chi connectivity index (χ3n) is 4.52. The van der Waals surface area contributed by atoms with Gasteiger partial charge in [-0.15, -0.1) is 0 Å². The Morgan fingerprint density at radius 1 is 0.944 bits per heavy atom. The zero-order valence-corrected chi connectivity index (χ0v) is 11.9. The van der Waals surface area contributed by atoms with Crippen molar-refractivity contribution in [2.45, 2.75) is 83.2 Å². The van der Waals surface area contributed by atoms with Crippen molar-refractivity contribution in [3.05, 3.63) is 0 Å². The summed E-state index contributed by atoms with van der Waals surface area (Å²) in [5, 5.41) is 0. The average Bonchev–Trinajstić information content (AvgIpc) is 2.42. The number of guanidine groups is 1. The number of aliphatic imine (C=N–C) groups is 1. The van der Waals surface area contributed by atoms with Crippen LogP contribution in [0.4, 0.5) is 0 Å². The fourth-order valence-corrected chi connectivity index (χ4v) is 3.63. The Hall–Kier alpha value is -0.730. The van der Waals surface area contributed by atoms with E-state index in [9.17, 15) is 0 Å². The first-order valence-corrected chi connectivity index (χ1v) is 7.91. The van der Waals surface area contributed by atoms with Gasteiger partial charge in [0, 0.05) is 18.6 Å². The maximum Gasteiger partial charge on any atom is 0.191 e. The molecule has 0 atom stereocenters. The first-order chi connectivity index (χ1) is 8.83. The van der Waals surface area contributed by atoms with E-state index >= 15 is 0 Å². The highest BCUT2D eigenvalue weighted by Crippen LogP contribution is 2.29. The van der Waals surface area contributed by atoms with Crippen LogP contribution in [0.1, 0.15) is 71.1 Å². The molecule has 0 aromatic rings. The number of rotatable bonds is 3. The Bertz CT molecular complexity index is 245. The highest BCUT2D eigenvalue weighted by atomic mass is 15.3. The first-order valence-electron chi connectivity index (χ1n) is 7.91. The molecule has 0 bridgehead atoms. The van der Waals surface area contributed by atoms with E-state index < -0.39 is 0 Å². The topological polar surface area (TPSA) is 41.6 Å². The molecule has 0 unspecified atom stereocenters. The van der Waals surface area contributed by atoms with Gasteiger partial charge in [-0.05, 0) is 32.6 Å². The van der Waals surface area contributed by atoms with E-state index in [1.807, 2.05) is 0 Å². The minimum atomic E-state index is 0.664. The Labute approximate surface area is 112 Å². The summed E-state index contributed by atoms with van der Waals surface area (Å²) in [4.78, 5) is 7.00. The molecule has 0 amide bonds. The second-order valence-electron chi connectivity index (χ2n) is 5.82. The predicted molar refractivity (Wildman–Crippen MR) is 77.7 cm³/mol. The summed E-state index contributed by atoms with van der Waals surface area (Å²) >= 11 is 0. The van der Waals surface area contributed by atoms with Crippen molar-refractivity contribution >= 4 is 5.96 Å². The Morgan fingerprint density at radius 2 is 1.39 bits per heavy atom. The van der Waals surface area contributed by atoms with Gasteiger partial charge in [-0.3, -0.25) is 4.99 Å². The molecular formula is C15H29N3. The lowest BCUT2D eigenvalue weighted by molar-refractivity contribution is 0.155. The number of nitrogens with two attached hydrogens (primary N) is 1. The molecule has 3 nitrogen and oxygen atoms in total. The van der Waals surface area contributed by atoms with Gasteiger partial charge in [-0.25, -0.2) is 0 Å². The van der Waals surface area contributed by atoms with Crippen molar-refractivity contribution in [3.8, 4) is 0 Å². The first kappa shape index (κ1) is 13.7. The fourth-order valence-electron chi connectivity index (χ4n) is 3.63. The normalized spacial score (nSPS) is 24.2. The number of hydrogen-bond acceptors (Lipinski definition) is 1. The molecule has 0 aromatic carbocycles. The molecule has 0 aliphatic heterocycles. The molecule has 0 spiro atoms. The van der Waals surface area contributed by atoms with Crippen LogP contribution in [0.3, 0.4) is 0 Å². The molecule has 2 aliphatic rings. The van der Waals surface area contributed by atoms with Gasteiger partial charge < -0.3 is 10.6 Å². The standard InChI is InChI=1S/C15H29N3/c1-2-17-15(16)18(13-9-5-3-6-10-13)14-11-7-4-8-12-14/h13-14H,2-12H2,1H3,(H2,16,17). The molecule has 2 rings (SSSR count). The third kappa shape index (κ3) is 3.39. The van der Waals surface area contributed by atoms with Crippen LogP contribution < -0.4 is 5.73 Å². The van der Waals surface area contributed by atoms with Crippen LogP contribution >= 0.6 is 0 Å². The number of hydrogen-bond donors (Lipinski definition) is 1. The van der Waals surface area contributed by atoms with Crippen molar-refractivity contribution in [1.82, 2.24) is 4.90 Å². The smallest absolute Gasteiger partial charge is 0.191 e. The lowest BCUT2D eigenvalue weighted by Crippen LogP contribution is -2.52. The predicted octanol–water partition coefficient (Wildman–Crippen LogP) is 3.29. The average molecular weight is 251 g/mol. The van der Waals surface area contributed by atoms with Gasteiger partial charge in [-0.2, -0.15) is 0 Å². The Kier molecular flexibility index (Phi) is 5.33. The summed E-state index contributed by atoms with van der Waals surface area (Å²) < 4.78 is 0. The molecule has 18 heavy (non-hydrogen) atoms. The monoisotopic (exact) mass is 251 g/mol. The quantitative estimate of drug-likeness (QED) is 0.618. The molecule has 2 aliphatic carbocycles. The zero-order valence-electron chi connectivity index (χ0n) is 11.9. The van der Waals surface area contributed by atoms with Crippen LogP contribution in [0.2, 0.25) is 0 Å². The van der Waals surface area contributed by atoms with E-state index in [4.69, 9.17) is 5.73 Å². The molecule has 0 aromatic heterocycles. The SMILES string of the molecule is CCN=C(N)N(C1CCCCC1)C1CCCCC1. The van der Waals surface area contributed by atoms with E-state index in [2.05, 4.69) is 16.8 Å². The molecular weight excluding hydrogens is 222 g/mol. The summed E-state index contributed by atoms with van der Waals surface area (Å²) in [6.07, 6.45) is 13.5. The van der Waals surface area contributed by atoms with E-state index in [0.717, 1.165) is 12.5 Å². The van der Waals surface area contributed by atoms with Gasteiger partial charge in [0.05, 0.1) is 0 Å². The summed E-state index contributed by atoms with van der Waals surface area (Å²) in [7, 11) is 0. The summed E-state index contributed by atoms with van der Waals surface area (Å²) in [6.45, 7) is 2.88. The number of nitrogens with zero attached hydrogens (tertiary/aromatic N) is 2. The Balaban J connectivity index is 2.07. The van der Waals surface area contributed by atoms with E-state index in [1.54, 1.807) is 0 Å². The van der Waals surface area contributed by atoms with E-state index in [1.165, 1.54) is 64.2 Å². The largest absolute Gasteiger partial charge is 0.370 e. The molecule has 2 N–H and O–H groups in total. The lowest BCUT2D eigenvalue weighted by atomic mass is 9.89. The molecule has 0 radical (unpaired) electrons. The van der Waals surface area contributed by atoms with E-state index in [-0.39, 0.29) is 0 Å². The van der Waals surface area contributed by atoms with Gasteiger partial charge in [0.25, 0.3) is 0 Å². The summed E-state index contributed by atoms with van der Waals surface area (Å²) in [5.41, 5.74) is 6.27. The van der Waals surface area contributed by atoms with E-state index in [0.29, 0.717) is 12.1 Å². The van der Waals surface area contributed by atoms with Crippen molar-refractivity contribution in [2.75, 3.05) is 6.54 Å². The maximum atomic E-state index is 6.27. The highest BCUT2D eigenvalue weighted by Gasteiger charge is 2.29. The van der Waals surface area contributed by atoms with Crippen LogP contribution in [0, 0.1) is 0 Å². The summed E-state index contributed by atoms with van der Waals surface area (Å²) in [6, 6.07) is 1.33. The second-order valence-corrected chi connectivity index (χ2v) is 5.82. The minimum absolute atomic E-state index is 0.664. The lowest BCUT2D eigenvalue weighted by Gasteiger charge is -2.42. The van der Waals surface area contributed by atoms with Crippen LogP contribution in [-0.2, 0) is 0 Å². The van der Waals surface area contributed by atoms with Crippen LogP contribution in [0.15, 0.2) is 4.99 Å². The van der Waals surface area contributed by atoms with Crippen LogP contribution in [0.25, 0.3) is 0 Å². The van der Waals surface area contributed by atoms with Crippen molar-refractivity contribution in [1.29, 1.82) is 0 Å². The molecule has 0 heterocycles. The summed E-state index contributed by atoms with van der Waals surface area (Å²) in [5.74, 6) is 0.816. The van der Waals surface area contributed by atoms with Crippen LogP contribution in [-0.4, -0.2) is 29.5 Å². The van der Waals surface area contributed by atoms with Crippen molar-refractivity contribution in [3.63, 3.8) is 0 Å². The van der Waals surface area contributed by atoms with Crippen molar-refractivity contribution in [2.24, 2.45) is 10.7 Å². The van der Waals surface area contributed by atoms with Crippen molar-refractivity contribution < 1.29 is 0 Å². The molecule has 104 valence electrons. The van der Waals surface area contributed by atoms with Gasteiger partial charge in [-0.1, -0.05) is 38.5 Å². The molecule has 3 heteroatoms. The van der Waals surface area contributed by atoms with Gasteiger partial charge in [0.2, 0.25) is 0 Å². The second kappa shape index (κ2) is 7.01.